The Morgan fingerprint density at radius 1 is 1.16 bits per heavy atom. The zero-order valence-corrected chi connectivity index (χ0v) is 18.3. The maximum Gasteiger partial charge on any atom is 0.253 e. The van der Waals surface area contributed by atoms with Crippen molar-refractivity contribution in [2.24, 2.45) is 12.8 Å². The van der Waals surface area contributed by atoms with E-state index in [0.717, 1.165) is 71.4 Å². The van der Waals surface area contributed by atoms with Crippen LogP contribution in [0.1, 0.15) is 29.6 Å². The number of aryl methyl sites for hydroxylation is 2. The van der Waals surface area contributed by atoms with Crippen LogP contribution < -0.4 is 10.5 Å². The minimum absolute atomic E-state index is 0.0334. The topological polar surface area (TPSA) is 78.3 Å². The highest BCUT2D eigenvalue weighted by molar-refractivity contribution is 5.98. The molecule has 0 bridgehead atoms. The molecule has 2 aromatic carbocycles. The molecule has 0 saturated carbocycles. The second-order valence-electron chi connectivity index (χ2n) is 8.97. The molecule has 7 heteroatoms. The lowest BCUT2D eigenvalue weighted by molar-refractivity contribution is 0.0709. The third kappa shape index (κ3) is 3.07. The summed E-state index contributed by atoms with van der Waals surface area (Å²) >= 11 is 0. The van der Waals surface area contributed by atoms with E-state index in [4.69, 9.17) is 15.5 Å². The first-order valence-electron chi connectivity index (χ1n) is 11.4. The van der Waals surface area contributed by atoms with Gasteiger partial charge in [-0.1, -0.05) is 0 Å². The largest absolute Gasteiger partial charge is 0.491 e. The fraction of sp³-hybridized carbons (Fsp3) is 0.360. The average Bonchev–Trinajstić information content (AvgIpc) is 3.28. The number of nitrogens with zero attached hydrogens (tertiary/aromatic N) is 4. The van der Waals surface area contributed by atoms with Crippen molar-refractivity contribution < 1.29 is 9.53 Å². The van der Waals surface area contributed by atoms with Gasteiger partial charge in [-0.3, -0.25) is 4.79 Å². The van der Waals surface area contributed by atoms with E-state index < -0.39 is 0 Å². The molecule has 0 aliphatic carbocycles. The SMILES string of the molecule is Cn1c(-c2cc3c4c(ccn4CCCO3)c2)nc2cc(C(=O)N3CCC[C@@H](N)C3)ccc21. The summed E-state index contributed by atoms with van der Waals surface area (Å²) in [5.41, 5.74) is 10.7. The number of piperidine rings is 1. The summed E-state index contributed by atoms with van der Waals surface area (Å²) in [7, 11) is 2.02. The zero-order chi connectivity index (χ0) is 21.8. The monoisotopic (exact) mass is 429 g/mol. The quantitative estimate of drug-likeness (QED) is 0.529. The molecule has 4 aromatic rings. The van der Waals surface area contributed by atoms with Crippen molar-refractivity contribution in [2.45, 2.75) is 31.8 Å². The van der Waals surface area contributed by atoms with Gasteiger partial charge in [0.05, 0.1) is 23.2 Å². The Morgan fingerprint density at radius 2 is 2.06 bits per heavy atom. The minimum atomic E-state index is 0.0334. The number of carbonyl (C=O) groups is 1. The van der Waals surface area contributed by atoms with Gasteiger partial charge < -0.3 is 24.5 Å². The van der Waals surface area contributed by atoms with Crippen molar-refractivity contribution in [3.05, 3.63) is 48.2 Å². The molecule has 2 aliphatic heterocycles. The second-order valence-corrected chi connectivity index (χ2v) is 8.97. The smallest absolute Gasteiger partial charge is 0.253 e. The second kappa shape index (κ2) is 7.38. The Labute approximate surface area is 186 Å². The molecule has 6 rings (SSSR count). The normalized spacial score (nSPS) is 18.7. The Kier molecular flexibility index (Phi) is 4.47. The van der Waals surface area contributed by atoms with E-state index in [1.165, 1.54) is 0 Å². The van der Waals surface area contributed by atoms with Gasteiger partial charge in [0.25, 0.3) is 5.91 Å². The van der Waals surface area contributed by atoms with Gasteiger partial charge in [-0.2, -0.15) is 0 Å². The van der Waals surface area contributed by atoms with E-state index in [2.05, 4.69) is 33.5 Å². The van der Waals surface area contributed by atoms with Gasteiger partial charge >= 0.3 is 0 Å². The summed E-state index contributed by atoms with van der Waals surface area (Å²) in [5.74, 6) is 1.80. The standard InChI is InChI=1S/C25H27N5O2/c1-28-21-6-5-17(25(31)30-8-2-4-19(26)15-30)13-20(21)27-24(28)18-12-16-7-10-29-9-3-11-32-22(14-18)23(16)29/h5-7,10,12-14,19H,2-4,8-9,11,15,26H2,1H3/t19-/m1/s1. The van der Waals surface area contributed by atoms with Crippen LogP contribution in [-0.4, -0.2) is 50.7 Å². The molecule has 7 nitrogen and oxygen atoms in total. The summed E-state index contributed by atoms with van der Waals surface area (Å²) in [6.07, 6.45) is 5.06. The highest BCUT2D eigenvalue weighted by atomic mass is 16.5. The van der Waals surface area contributed by atoms with Gasteiger partial charge in [0.1, 0.15) is 11.6 Å². The van der Waals surface area contributed by atoms with Crippen molar-refractivity contribution in [1.29, 1.82) is 0 Å². The predicted molar refractivity (Wildman–Crippen MR) is 125 cm³/mol. The number of hydrogen-bond acceptors (Lipinski definition) is 4. The van der Waals surface area contributed by atoms with Crippen LogP contribution in [0.3, 0.4) is 0 Å². The van der Waals surface area contributed by atoms with E-state index in [0.29, 0.717) is 18.7 Å². The summed E-state index contributed by atoms with van der Waals surface area (Å²) in [5, 5.41) is 1.16. The van der Waals surface area contributed by atoms with Crippen LogP contribution in [0.4, 0.5) is 0 Å². The first-order chi connectivity index (χ1) is 15.6. The van der Waals surface area contributed by atoms with Gasteiger partial charge in [0.2, 0.25) is 0 Å². The van der Waals surface area contributed by atoms with E-state index in [1.807, 2.05) is 30.1 Å². The third-order valence-electron chi connectivity index (χ3n) is 6.76. The van der Waals surface area contributed by atoms with Crippen LogP contribution in [0.25, 0.3) is 33.3 Å². The third-order valence-corrected chi connectivity index (χ3v) is 6.76. The molecule has 2 N–H and O–H groups in total. The van der Waals surface area contributed by atoms with Crippen LogP contribution in [0.15, 0.2) is 42.6 Å². The molecule has 32 heavy (non-hydrogen) atoms. The number of benzene rings is 2. The lowest BCUT2D eigenvalue weighted by atomic mass is 10.1. The molecular formula is C25H27N5O2. The summed E-state index contributed by atoms with van der Waals surface area (Å²) in [6, 6.07) is 12.3. The van der Waals surface area contributed by atoms with Crippen molar-refractivity contribution in [3.63, 3.8) is 0 Å². The highest BCUT2D eigenvalue weighted by Crippen LogP contribution is 2.35. The molecule has 1 atom stereocenters. The van der Waals surface area contributed by atoms with Crippen molar-refractivity contribution in [1.82, 2.24) is 19.0 Å². The van der Waals surface area contributed by atoms with Gasteiger partial charge in [0.15, 0.2) is 0 Å². The number of ether oxygens (including phenoxy) is 1. The van der Waals surface area contributed by atoms with Gasteiger partial charge in [-0.05, 0) is 55.7 Å². The van der Waals surface area contributed by atoms with Gasteiger partial charge in [0, 0.05) is 55.4 Å². The first kappa shape index (κ1) is 19.4. The van der Waals surface area contributed by atoms with Crippen LogP contribution in [0.5, 0.6) is 5.75 Å². The fourth-order valence-corrected chi connectivity index (χ4v) is 5.12. The maximum absolute atomic E-state index is 13.0. The van der Waals surface area contributed by atoms with E-state index >= 15 is 0 Å². The van der Waals surface area contributed by atoms with Gasteiger partial charge in [-0.15, -0.1) is 0 Å². The number of fused-ring (bicyclic) bond motifs is 1. The zero-order valence-electron chi connectivity index (χ0n) is 18.3. The molecular weight excluding hydrogens is 402 g/mol. The number of carbonyl (C=O) groups excluding carboxylic acids is 1. The number of amides is 1. The van der Waals surface area contributed by atoms with Crippen molar-refractivity contribution in [2.75, 3.05) is 19.7 Å². The number of aromatic nitrogens is 3. The molecule has 0 unspecified atom stereocenters. The van der Waals surface area contributed by atoms with E-state index in [9.17, 15) is 4.79 Å². The highest BCUT2D eigenvalue weighted by Gasteiger charge is 2.23. The predicted octanol–water partition coefficient (Wildman–Crippen LogP) is 3.54. The van der Waals surface area contributed by atoms with Crippen molar-refractivity contribution >= 4 is 27.8 Å². The molecule has 4 heterocycles. The Balaban J connectivity index is 1.40. The van der Waals surface area contributed by atoms with Crippen LogP contribution in [-0.2, 0) is 13.6 Å². The van der Waals surface area contributed by atoms with Crippen LogP contribution in [0, 0.1) is 0 Å². The Hall–Kier alpha value is -3.32. The van der Waals surface area contributed by atoms with Crippen LogP contribution in [0.2, 0.25) is 0 Å². The number of imidazole rings is 1. The lowest BCUT2D eigenvalue weighted by Gasteiger charge is -2.30. The van der Waals surface area contributed by atoms with Crippen molar-refractivity contribution in [3.8, 4) is 17.1 Å². The number of likely N-dealkylation sites (tertiary alicyclic amines) is 1. The summed E-state index contributed by atoms with van der Waals surface area (Å²) < 4.78 is 10.4. The fourth-order valence-electron chi connectivity index (χ4n) is 5.12. The molecule has 2 aliphatic rings. The average molecular weight is 430 g/mol. The molecule has 0 radical (unpaired) electrons. The number of nitrogens with two attached hydrogens (primary N) is 1. The van der Waals surface area contributed by atoms with Crippen LogP contribution >= 0.6 is 0 Å². The lowest BCUT2D eigenvalue weighted by Crippen LogP contribution is -2.45. The maximum atomic E-state index is 13.0. The Bertz CT molecular complexity index is 1350. The Morgan fingerprint density at radius 3 is 2.94 bits per heavy atom. The van der Waals surface area contributed by atoms with E-state index in [1.54, 1.807) is 0 Å². The molecule has 1 amide bonds. The minimum Gasteiger partial charge on any atom is -0.491 e. The molecule has 1 saturated heterocycles. The molecule has 1 fully saturated rings. The molecule has 2 aromatic heterocycles. The first-order valence-corrected chi connectivity index (χ1v) is 11.4. The summed E-state index contributed by atoms with van der Waals surface area (Å²) in [4.78, 5) is 19.8. The van der Waals surface area contributed by atoms with Gasteiger partial charge in [-0.25, -0.2) is 4.98 Å². The number of rotatable bonds is 2. The summed E-state index contributed by atoms with van der Waals surface area (Å²) in [6.45, 7) is 3.07. The van der Waals surface area contributed by atoms with E-state index in [-0.39, 0.29) is 11.9 Å². The molecule has 164 valence electrons. The number of hydrogen-bond donors (Lipinski definition) is 1. The molecule has 0 spiro atoms.